The fraction of sp³-hybridized carbons (Fsp3) is 0.318. The van der Waals surface area contributed by atoms with E-state index in [1.807, 2.05) is 25.3 Å². The molecule has 0 bridgehead atoms. The second-order valence-corrected chi connectivity index (χ2v) is 6.60. The van der Waals surface area contributed by atoms with Gasteiger partial charge in [-0.3, -0.25) is 0 Å². The lowest BCUT2D eigenvalue weighted by atomic mass is 10.1. The number of ether oxygens (including phenoxy) is 2. The number of aromatic nitrogens is 1. The Balaban J connectivity index is 1.62. The molecule has 2 aromatic carbocycles. The molecule has 0 amide bonds. The van der Waals surface area contributed by atoms with Crippen LogP contribution in [0.25, 0.3) is 10.9 Å². The number of benzene rings is 2. The van der Waals surface area contributed by atoms with E-state index in [0.29, 0.717) is 25.6 Å². The quantitative estimate of drug-likeness (QED) is 0.363. The zero-order valence-electron chi connectivity index (χ0n) is 17.0. The van der Waals surface area contributed by atoms with Crippen molar-refractivity contribution in [3.63, 3.8) is 0 Å². The van der Waals surface area contributed by atoms with Crippen molar-refractivity contribution in [1.29, 1.82) is 0 Å². The van der Waals surface area contributed by atoms with Crippen LogP contribution in [0.3, 0.4) is 0 Å². The van der Waals surface area contributed by atoms with Gasteiger partial charge in [0.05, 0.1) is 13.7 Å². The second kappa shape index (κ2) is 10.5. The smallest absolute Gasteiger partial charge is 0.387 e. The molecule has 30 heavy (non-hydrogen) atoms. The van der Waals surface area contributed by atoms with Crippen molar-refractivity contribution < 1.29 is 18.3 Å². The standard InChI is InChI=1S/C22H26F2N4O2/c1-3-25-22(26-11-10-16-14-27-18-7-5-4-6-17(16)18)28-13-15-8-9-19(29-2)20(12-15)30-21(23)24/h4-9,12,14,21,27H,3,10-11,13H2,1-2H3,(H2,25,26,28). The topological polar surface area (TPSA) is 70.7 Å². The molecular weight excluding hydrogens is 390 g/mol. The predicted octanol–water partition coefficient (Wildman–Crippen LogP) is 4.08. The van der Waals surface area contributed by atoms with E-state index in [2.05, 4.69) is 37.5 Å². The summed E-state index contributed by atoms with van der Waals surface area (Å²) in [6, 6.07) is 13.1. The van der Waals surface area contributed by atoms with E-state index in [9.17, 15) is 8.78 Å². The van der Waals surface area contributed by atoms with Crippen LogP contribution in [0.2, 0.25) is 0 Å². The molecule has 0 spiro atoms. The number of aromatic amines is 1. The van der Waals surface area contributed by atoms with Crippen LogP contribution in [0.5, 0.6) is 11.5 Å². The average molecular weight is 416 g/mol. The van der Waals surface area contributed by atoms with E-state index < -0.39 is 6.61 Å². The molecule has 0 saturated carbocycles. The van der Waals surface area contributed by atoms with Crippen LogP contribution in [-0.4, -0.2) is 37.8 Å². The van der Waals surface area contributed by atoms with E-state index in [1.54, 1.807) is 12.1 Å². The lowest BCUT2D eigenvalue weighted by Gasteiger charge is -2.13. The number of guanidine groups is 1. The number of fused-ring (bicyclic) bond motifs is 1. The van der Waals surface area contributed by atoms with Crippen molar-refractivity contribution in [3.8, 4) is 11.5 Å². The number of methoxy groups -OCH3 is 1. The Morgan fingerprint density at radius 1 is 1.13 bits per heavy atom. The monoisotopic (exact) mass is 416 g/mol. The Morgan fingerprint density at radius 2 is 1.97 bits per heavy atom. The molecule has 3 N–H and O–H groups in total. The molecule has 0 aliphatic rings. The number of rotatable bonds is 9. The molecule has 8 heteroatoms. The normalized spacial score (nSPS) is 11.7. The minimum atomic E-state index is -2.92. The maximum absolute atomic E-state index is 12.6. The number of hydrogen-bond acceptors (Lipinski definition) is 3. The number of nitrogens with zero attached hydrogens (tertiary/aromatic N) is 1. The maximum atomic E-state index is 12.6. The maximum Gasteiger partial charge on any atom is 0.387 e. The molecular formula is C22H26F2N4O2. The minimum Gasteiger partial charge on any atom is -0.493 e. The van der Waals surface area contributed by atoms with Crippen LogP contribution in [0, 0.1) is 0 Å². The number of halogens is 2. The van der Waals surface area contributed by atoms with Crippen molar-refractivity contribution in [2.75, 3.05) is 20.2 Å². The van der Waals surface area contributed by atoms with Gasteiger partial charge in [-0.25, -0.2) is 4.99 Å². The van der Waals surface area contributed by atoms with Crippen LogP contribution in [-0.2, 0) is 13.0 Å². The SMILES string of the molecule is CCNC(=NCc1ccc(OC)c(OC(F)F)c1)NCCc1c[nH]c2ccccc12. The fourth-order valence-electron chi connectivity index (χ4n) is 3.17. The fourth-order valence-corrected chi connectivity index (χ4v) is 3.17. The summed E-state index contributed by atoms with van der Waals surface area (Å²) in [5.74, 6) is 0.911. The van der Waals surface area contributed by atoms with Gasteiger partial charge >= 0.3 is 6.61 Å². The zero-order chi connectivity index (χ0) is 21.3. The summed E-state index contributed by atoms with van der Waals surface area (Å²) in [5.41, 5.74) is 3.09. The second-order valence-electron chi connectivity index (χ2n) is 6.60. The van der Waals surface area contributed by atoms with Gasteiger partial charge in [0.25, 0.3) is 0 Å². The Morgan fingerprint density at radius 3 is 2.73 bits per heavy atom. The first kappa shape index (κ1) is 21.4. The third kappa shape index (κ3) is 5.62. The highest BCUT2D eigenvalue weighted by Gasteiger charge is 2.11. The van der Waals surface area contributed by atoms with Crippen molar-refractivity contribution in [1.82, 2.24) is 15.6 Å². The summed E-state index contributed by atoms with van der Waals surface area (Å²) in [5, 5.41) is 7.72. The largest absolute Gasteiger partial charge is 0.493 e. The van der Waals surface area contributed by atoms with E-state index in [1.165, 1.54) is 24.1 Å². The van der Waals surface area contributed by atoms with Crippen LogP contribution in [0.4, 0.5) is 8.78 Å². The number of para-hydroxylation sites is 1. The summed E-state index contributed by atoms with van der Waals surface area (Å²) < 4.78 is 34.8. The molecule has 3 rings (SSSR count). The van der Waals surface area contributed by atoms with Crippen LogP contribution >= 0.6 is 0 Å². The van der Waals surface area contributed by atoms with Crippen molar-refractivity contribution in [2.45, 2.75) is 26.5 Å². The van der Waals surface area contributed by atoms with Crippen LogP contribution in [0.15, 0.2) is 53.7 Å². The van der Waals surface area contributed by atoms with Gasteiger partial charge in [0.1, 0.15) is 0 Å². The van der Waals surface area contributed by atoms with Gasteiger partial charge in [-0.2, -0.15) is 8.78 Å². The first-order valence-corrected chi connectivity index (χ1v) is 9.79. The van der Waals surface area contributed by atoms with E-state index in [0.717, 1.165) is 17.5 Å². The first-order chi connectivity index (χ1) is 14.6. The van der Waals surface area contributed by atoms with Gasteiger partial charge in [0.15, 0.2) is 17.5 Å². The molecule has 0 unspecified atom stereocenters. The minimum absolute atomic E-state index is 0.00232. The average Bonchev–Trinajstić information content (AvgIpc) is 3.15. The van der Waals surface area contributed by atoms with Crippen molar-refractivity contribution >= 4 is 16.9 Å². The molecule has 6 nitrogen and oxygen atoms in total. The van der Waals surface area contributed by atoms with Gasteiger partial charge in [-0.05, 0) is 42.7 Å². The van der Waals surface area contributed by atoms with Gasteiger partial charge in [0, 0.05) is 30.2 Å². The number of alkyl halides is 2. The zero-order valence-corrected chi connectivity index (χ0v) is 17.0. The molecule has 1 heterocycles. The Bertz CT molecular complexity index is 988. The third-order valence-electron chi connectivity index (χ3n) is 4.57. The molecule has 160 valence electrons. The van der Waals surface area contributed by atoms with Gasteiger partial charge < -0.3 is 25.1 Å². The highest BCUT2D eigenvalue weighted by atomic mass is 19.3. The summed E-state index contributed by atoms with van der Waals surface area (Å²) in [6.45, 7) is 0.795. The van der Waals surface area contributed by atoms with Crippen molar-refractivity contribution in [3.05, 3.63) is 59.8 Å². The molecule has 0 fully saturated rings. The number of hydrogen-bond donors (Lipinski definition) is 3. The highest BCUT2D eigenvalue weighted by molar-refractivity contribution is 5.83. The van der Waals surface area contributed by atoms with E-state index >= 15 is 0 Å². The van der Waals surface area contributed by atoms with E-state index in [-0.39, 0.29) is 11.5 Å². The highest BCUT2D eigenvalue weighted by Crippen LogP contribution is 2.29. The molecule has 0 radical (unpaired) electrons. The summed E-state index contributed by atoms with van der Waals surface area (Å²) in [4.78, 5) is 7.82. The van der Waals surface area contributed by atoms with Gasteiger partial charge in [-0.1, -0.05) is 24.3 Å². The lowest BCUT2D eigenvalue weighted by Crippen LogP contribution is -2.38. The Labute approximate surface area is 174 Å². The third-order valence-corrected chi connectivity index (χ3v) is 4.57. The molecule has 0 aliphatic heterocycles. The molecule has 3 aromatic rings. The van der Waals surface area contributed by atoms with E-state index in [4.69, 9.17) is 4.74 Å². The summed E-state index contributed by atoms with van der Waals surface area (Å²) >= 11 is 0. The lowest BCUT2D eigenvalue weighted by molar-refractivity contribution is -0.0512. The first-order valence-electron chi connectivity index (χ1n) is 9.79. The number of H-pyrrole nitrogens is 1. The van der Waals surface area contributed by atoms with Crippen LogP contribution < -0.4 is 20.1 Å². The van der Waals surface area contributed by atoms with Gasteiger partial charge in [0.2, 0.25) is 0 Å². The number of aliphatic imine (C=N–C) groups is 1. The van der Waals surface area contributed by atoms with Crippen molar-refractivity contribution in [2.24, 2.45) is 4.99 Å². The molecule has 1 aromatic heterocycles. The molecule has 0 aliphatic carbocycles. The number of nitrogens with one attached hydrogen (secondary N) is 3. The molecule has 0 atom stereocenters. The Hall–Kier alpha value is -3.29. The Kier molecular flexibility index (Phi) is 7.48. The van der Waals surface area contributed by atoms with Crippen LogP contribution in [0.1, 0.15) is 18.1 Å². The van der Waals surface area contributed by atoms with Gasteiger partial charge in [-0.15, -0.1) is 0 Å². The predicted molar refractivity (Wildman–Crippen MR) is 114 cm³/mol. The summed E-state index contributed by atoms with van der Waals surface area (Å²) in [6.07, 6.45) is 2.86. The summed E-state index contributed by atoms with van der Waals surface area (Å²) in [7, 11) is 1.41. The molecule has 0 saturated heterocycles.